The molecule has 0 atom stereocenters. The van der Waals surface area contributed by atoms with Gasteiger partial charge in [-0.1, -0.05) is 6.07 Å². The largest absolute Gasteiger partial charge is 0.439 e. The molecule has 0 unspecified atom stereocenters. The number of likely N-dealkylation sites (N-methyl/N-ethyl adjacent to an activating group) is 1. The van der Waals surface area contributed by atoms with E-state index in [2.05, 4.69) is 15.4 Å². The molecule has 0 spiro atoms. The van der Waals surface area contributed by atoms with Gasteiger partial charge in [-0.3, -0.25) is 4.79 Å². The highest BCUT2D eigenvalue weighted by Crippen LogP contribution is 2.33. The molecule has 1 aromatic carbocycles. The third-order valence-electron chi connectivity index (χ3n) is 3.64. The highest BCUT2D eigenvalue weighted by molar-refractivity contribution is 5.79. The molecule has 132 valence electrons. The standard InChI is InChI=1S/C15H18F3N3O3/c1-19-13(22)9-24-14(23)20-6-10-7-21(8-10)12-4-2-3-11(5-12)15(16,17)18/h2-5,10H,6-9H2,1H3,(H,19,22)(H,20,23). The molecule has 24 heavy (non-hydrogen) atoms. The fraction of sp³-hybridized carbons (Fsp3) is 0.467. The Morgan fingerprint density at radius 3 is 2.67 bits per heavy atom. The summed E-state index contributed by atoms with van der Waals surface area (Å²) in [6.45, 7) is 1.06. The molecule has 1 saturated heterocycles. The fourth-order valence-electron chi connectivity index (χ4n) is 2.27. The maximum atomic E-state index is 12.7. The molecule has 0 aromatic heterocycles. The van der Waals surface area contributed by atoms with Gasteiger partial charge in [0.1, 0.15) is 0 Å². The first-order chi connectivity index (χ1) is 11.3. The molecule has 1 aliphatic heterocycles. The van der Waals surface area contributed by atoms with Crippen LogP contribution in [0.15, 0.2) is 24.3 Å². The van der Waals surface area contributed by atoms with Crippen molar-refractivity contribution in [2.45, 2.75) is 6.18 Å². The van der Waals surface area contributed by atoms with Crippen LogP contribution in [0, 0.1) is 5.92 Å². The highest BCUT2D eigenvalue weighted by atomic mass is 19.4. The Balaban J connectivity index is 1.74. The number of hydrogen-bond donors (Lipinski definition) is 2. The van der Waals surface area contributed by atoms with Crippen LogP contribution in [0.2, 0.25) is 0 Å². The van der Waals surface area contributed by atoms with Crippen LogP contribution in [-0.2, 0) is 15.7 Å². The monoisotopic (exact) mass is 345 g/mol. The molecule has 6 nitrogen and oxygen atoms in total. The number of carbonyl (C=O) groups excluding carboxylic acids is 2. The molecule has 2 rings (SSSR count). The average Bonchev–Trinajstić information content (AvgIpc) is 2.50. The van der Waals surface area contributed by atoms with Crippen LogP contribution in [0.4, 0.5) is 23.7 Å². The Bertz CT molecular complexity index is 601. The van der Waals surface area contributed by atoms with Gasteiger partial charge in [0, 0.05) is 38.3 Å². The van der Waals surface area contributed by atoms with E-state index in [1.165, 1.54) is 13.1 Å². The lowest BCUT2D eigenvalue weighted by Gasteiger charge is -2.41. The molecule has 0 radical (unpaired) electrons. The minimum absolute atomic E-state index is 0.118. The molecule has 0 bridgehead atoms. The zero-order valence-corrected chi connectivity index (χ0v) is 13.0. The van der Waals surface area contributed by atoms with Crippen LogP contribution in [0.25, 0.3) is 0 Å². The number of amides is 2. The van der Waals surface area contributed by atoms with Gasteiger partial charge in [0.25, 0.3) is 5.91 Å². The summed E-state index contributed by atoms with van der Waals surface area (Å²) in [5, 5.41) is 4.84. The van der Waals surface area contributed by atoms with E-state index in [1.807, 2.05) is 0 Å². The van der Waals surface area contributed by atoms with Crippen LogP contribution in [-0.4, -0.2) is 45.3 Å². The van der Waals surface area contributed by atoms with Crippen molar-refractivity contribution in [3.8, 4) is 0 Å². The number of nitrogens with one attached hydrogen (secondary N) is 2. The normalized spacial score (nSPS) is 14.8. The van der Waals surface area contributed by atoms with Crippen molar-refractivity contribution in [2.24, 2.45) is 5.92 Å². The van der Waals surface area contributed by atoms with Crippen molar-refractivity contribution in [2.75, 3.05) is 38.2 Å². The summed E-state index contributed by atoms with van der Waals surface area (Å²) >= 11 is 0. The van der Waals surface area contributed by atoms with E-state index in [1.54, 1.807) is 11.0 Å². The van der Waals surface area contributed by atoms with Crippen LogP contribution in [0.1, 0.15) is 5.56 Å². The number of alkyl carbamates (subject to hydrolysis) is 1. The highest BCUT2D eigenvalue weighted by Gasteiger charge is 2.32. The molecule has 0 saturated carbocycles. The van der Waals surface area contributed by atoms with Gasteiger partial charge in [0.05, 0.1) is 5.56 Å². The van der Waals surface area contributed by atoms with E-state index >= 15 is 0 Å². The van der Waals surface area contributed by atoms with Crippen molar-refractivity contribution < 1.29 is 27.5 Å². The van der Waals surface area contributed by atoms with Gasteiger partial charge in [0.15, 0.2) is 6.61 Å². The Labute approximate surface area is 137 Å². The van der Waals surface area contributed by atoms with E-state index in [9.17, 15) is 22.8 Å². The lowest BCUT2D eigenvalue weighted by molar-refractivity contribution is -0.137. The fourth-order valence-corrected chi connectivity index (χ4v) is 2.27. The number of ether oxygens (including phenoxy) is 1. The third kappa shape index (κ3) is 4.77. The lowest BCUT2D eigenvalue weighted by atomic mass is 9.98. The Morgan fingerprint density at radius 1 is 1.33 bits per heavy atom. The lowest BCUT2D eigenvalue weighted by Crippen LogP contribution is -2.51. The number of anilines is 1. The summed E-state index contributed by atoms with van der Waals surface area (Å²) in [4.78, 5) is 24.1. The topological polar surface area (TPSA) is 70.7 Å². The summed E-state index contributed by atoms with van der Waals surface area (Å²) in [5.41, 5.74) is -0.178. The molecule has 0 aliphatic carbocycles. The van der Waals surface area contributed by atoms with Gasteiger partial charge < -0.3 is 20.3 Å². The molecule has 9 heteroatoms. The first-order valence-electron chi connectivity index (χ1n) is 7.33. The minimum atomic E-state index is -4.36. The maximum Gasteiger partial charge on any atom is 0.416 e. The van der Waals surface area contributed by atoms with Crippen LogP contribution >= 0.6 is 0 Å². The molecule has 2 N–H and O–H groups in total. The van der Waals surface area contributed by atoms with E-state index in [0.717, 1.165) is 12.1 Å². The van der Waals surface area contributed by atoms with Crippen LogP contribution in [0.5, 0.6) is 0 Å². The van der Waals surface area contributed by atoms with Crippen molar-refractivity contribution >= 4 is 17.7 Å². The molecule has 1 heterocycles. The first-order valence-corrected chi connectivity index (χ1v) is 7.33. The predicted octanol–water partition coefficient (Wildman–Crippen LogP) is 1.61. The number of halogens is 3. The number of benzene rings is 1. The smallest absolute Gasteiger partial charge is 0.416 e. The van der Waals surface area contributed by atoms with Crippen LogP contribution in [0.3, 0.4) is 0 Å². The first kappa shape index (κ1) is 17.9. The zero-order chi connectivity index (χ0) is 17.7. The molecular weight excluding hydrogens is 327 g/mol. The number of carbonyl (C=O) groups is 2. The second-order valence-corrected chi connectivity index (χ2v) is 5.45. The molecule has 2 amide bonds. The third-order valence-corrected chi connectivity index (χ3v) is 3.64. The number of rotatable bonds is 5. The van der Waals surface area contributed by atoms with Crippen molar-refractivity contribution in [3.63, 3.8) is 0 Å². The van der Waals surface area contributed by atoms with Crippen molar-refractivity contribution in [3.05, 3.63) is 29.8 Å². The Morgan fingerprint density at radius 2 is 2.04 bits per heavy atom. The summed E-state index contributed by atoms with van der Waals surface area (Å²) in [5.74, 6) is -0.295. The molecular formula is C15H18F3N3O3. The predicted molar refractivity (Wildman–Crippen MR) is 80.6 cm³/mol. The van der Waals surface area contributed by atoms with Crippen molar-refractivity contribution in [1.29, 1.82) is 0 Å². The van der Waals surface area contributed by atoms with Gasteiger partial charge in [-0.05, 0) is 18.2 Å². The van der Waals surface area contributed by atoms with E-state index in [-0.39, 0.29) is 12.5 Å². The van der Waals surface area contributed by atoms with E-state index in [0.29, 0.717) is 25.3 Å². The minimum Gasteiger partial charge on any atom is -0.439 e. The van der Waals surface area contributed by atoms with Gasteiger partial charge in [-0.2, -0.15) is 13.2 Å². The Kier molecular flexibility index (Phi) is 5.53. The van der Waals surface area contributed by atoms with E-state index in [4.69, 9.17) is 0 Å². The van der Waals surface area contributed by atoms with Gasteiger partial charge in [0.2, 0.25) is 0 Å². The van der Waals surface area contributed by atoms with E-state index < -0.39 is 23.7 Å². The SMILES string of the molecule is CNC(=O)COC(=O)NCC1CN(c2cccc(C(F)(F)F)c2)C1. The molecule has 1 fully saturated rings. The Hall–Kier alpha value is -2.45. The second-order valence-electron chi connectivity index (χ2n) is 5.45. The second kappa shape index (κ2) is 7.41. The maximum absolute atomic E-state index is 12.7. The van der Waals surface area contributed by atoms with Crippen LogP contribution < -0.4 is 15.5 Å². The number of nitrogens with zero attached hydrogens (tertiary/aromatic N) is 1. The summed E-state index contributed by atoms with van der Waals surface area (Å²) in [6, 6.07) is 5.14. The zero-order valence-electron chi connectivity index (χ0n) is 13.0. The summed E-state index contributed by atoms with van der Waals surface area (Å²) in [7, 11) is 1.43. The summed E-state index contributed by atoms with van der Waals surface area (Å²) < 4.78 is 42.7. The summed E-state index contributed by atoms with van der Waals surface area (Å²) in [6.07, 6.45) is -5.06. The van der Waals surface area contributed by atoms with Gasteiger partial charge >= 0.3 is 12.3 Å². The van der Waals surface area contributed by atoms with Gasteiger partial charge in [-0.25, -0.2) is 4.79 Å². The molecule has 1 aromatic rings. The number of alkyl halides is 3. The molecule has 1 aliphatic rings. The quantitative estimate of drug-likeness (QED) is 0.851. The average molecular weight is 345 g/mol. The van der Waals surface area contributed by atoms with Crippen molar-refractivity contribution in [1.82, 2.24) is 10.6 Å². The van der Waals surface area contributed by atoms with Gasteiger partial charge in [-0.15, -0.1) is 0 Å². The number of hydrogen-bond acceptors (Lipinski definition) is 4.